The van der Waals surface area contributed by atoms with E-state index in [9.17, 15) is 14.4 Å². The first-order valence-corrected chi connectivity index (χ1v) is 8.47. The summed E-state index contributed by atoms with van der Waals surface area (Å²) in [6, 6.07) is 0. The van der Waals surface area contributed by atoms with E-state index in [0.717, 1.165) is 5.69 Å². The van der Waals surface area contributed by atoms with Gasteiger partial charge in [-0.2, -0.15) is 10.2 Å². The fourth-order valence-corrected chi connectivity index (χ4v) is 3.13. The molecule has 1 amide bonds. The normalized spacial score (nSPS) is 16.5. The minimum atomic E-state index is -0.690. The highest BCUT2D eigenvalue weighted by molar-refractivity contribution is 5.89. The molecule has 0 saturated carbocycles. The van der Waals surface area contributed by atoms with Crippen LogP contribution in [0.4, 0.5) is 0 Å². The van der Waals surface area contributed by atoms with E-state index in [1.807, 2.05) is 0 Å². The van der Waals surface area contributed by atoms with Gasteiger partial charge in [0.2, 0.25) is 11.3 Å². The van der Waals surface area contributed by atoms with E-state index in [1.165, 1.54) is 13.3 Å². The SMILES string of the molecule is C#CCCC1(CCC(=O)N2CCc3[nH]cc(C(=O)OC)c(=O)c3C2)N=N1. The third-order valence-electron chi connectivity index (χ3n) is 4.80. The molecule has 3 rings (SSSR count). The van der Waals surface area contributed by atoms with E-state index in [2.05, 4.69) is 25.9 Å². The number of aromatic nitrogens is 1. The van der Waals surface area contributed by atoms with Crippen LogP contribution in [-0.2, 0) is 22.5 Å². The van der Waals surface area contributed by atoms with E-state index in [1.54, 1.807) is 4.90 Å². The third kappa shape index (κ3) is 3.52. The topological polar surface area (TPSA) is 104 Å². The Labute approximate surface area is 150 Å². The van der Waals surface area contributed by atoms with Crippen LogP contribution in [0.2, 0.25) is 0 Å². The number of carbonyl (C=O) groups is 2. The Hall–Kier alpha value is -2.95. The number of esters is 1. The zero-order valence-electron chi connectivity index (χ0n) is 14.6. The zero-order chi connectivity index (χ0) is 18.7. The Balaban J connectivity index is 1.66. The first-order chi connectivity index (χ1) is 12.5. The molecule has 1 N–H and O–H groups in total. The number of terminal acetylenes is 1. The Morgan fingerprint density at radius 2 is 2.19 bits per heavy atom. The summed E-state index contributed by atoms with van der Waals surface area (Å²) in [6.45, 7) is 0.699. The molecule has 0 aromatic carbocycles. The molecular weight excluding hydrogens is 336 g/mol. The van der Waals surface area contributed by atoms with Crippen molar-refractivity contribution in [2.24, 2.45) is 10.2 Å². The summed E-state index contributed by atoms with van der Waals surface area (Å²) in [7, 11) is 1.22. The predicted molar refractivity (Wildman–Crippen MR) is 92.4 cm³/mol. The lowest BCUT2D eigenvalue weighted by Crippen LogP contribution is -2.40. The van der Waals surface area contributed by atoms with Gasteiger partial charge in [0.15, 0.2) is 5.66 Å². The van der Waals surface area contributed by atoms with Gasteiger partial charge in [-0.05, 0) is 0 Å². The van der Waals surface area contributed by atoms with Crippen molar-refractivity contribution in [3.05, 3.63) is 33.2 Å². The number of fused-ring (bicyclic) bond motifs is 1. The molecule has 0 spiro atoms. The number of methoxy groups -OCH3 is 1. The van der Waals surface area contributed by atoms with Crippen molar-refractivity contribution >= 4 is 11.9 Å². The summed E-state index contributed by atoms with van der Waals surface area (Å²) in [5, 5.41) is 8.06. The average Bonchev–Trinajstić information content (AvgIpc) is 3.44. The first-order valence-electron chi connectivity index (χ1n) is 8.47. The average molecular weight is 356 g/mol. The smallest absolute Gasteiger partial charge is 0.343 e. The maximum absolute atomic E-state index is 12.5. The zero-order valence-corrected chi connectivity index (χ0v) is 14.6. The van der Waals surface area contributed by atoms with E-state index < -0.39 is 11.6 Å². The number of carbonyl (C=O) groups excluding carboxylic acids is 2. The highest BCUT2D eigenvalue weighted by Gasteiger charge is 2.39. The van der Waals surface area contributed by atoms with Gasteiger partial charge in [-0.3, -0.25) is 9.59 Å². The predicted octanol–water partition coefficient (Wildman–Crippen LogP) is 1.40. The maximum Gasteiger partial charge on any atom is 0.343 e. The number of ether oxygens (including phenoxy) is 1. The number of hydrogen-bond acceptors (Lipinski definition) is 6. The quantitative estimate of drug-likeness (QED) is 0.614. The van der Waals surface area contributed by atoms with Crippen LogP contribution in [0.25, 0.3) is 0 Å². The Morgan fingerprint density at radius 3 is 2.85 bits per heavy atom. The summed E-state index contributed by atoms with van der Waals surface area (Å²) in [6.07, 6.45) is 9.22. The number of nitrogens with zero attached hydrogens (tertiary/aromatic N) is 3. The fraction of sp³-hybridized carbons (Fsp3) is 0.500. The lowest BCUT2D eigenvalue weighted by atomic mass is 10.00. The monoisotopic (exact) mass is 356 g/mol. The van der Waals surface area contributed by atoms with Crippen molar-refractivity contribution in [3.63, 3.8) is 0 Å². The van der Waals surface area contributed by atoms with Crippen LogP contribution >= 0.6 is 0 Å². The lowest BCUT2D eigenvalue weighted by Gasteiger charge is -2.28. The van der Waals surface area contributed by atoms with Crippen molar-refractivity contribution in [2.75, 3.05) is 13.7 Å². The summed E-state index contributed by atoms with van der Waals surface area (Å²) in [4.78, 5) is 41.4. The molecule has 2 aliphatic rings. The minimum Gasteiger partial charge on any atom is -0.465 e. The number of nitrogens with one attached hydrogen (secondary N) is 1. The summed E-state index contributed by atoms with van der Waals surface area (Å²) < 4.78 is 4.62. The second kappa shape index (κ2) is 7.12. The van der Waals surface area contributed by atoms with Crippen LogP contribution in [0.5, 0.6) is 0 Å². The molecule has 0 saturated heterocycles. The number of rotatable bonds is 6. The largest absolute Gasteiger partial charge is 0.465 e. The molecule has 8 heteroatoms. The van der Waals surface area contributed by atoms with Gasteiger partial charge in [-0.1, -0.05) is 0 Å². The van der Waals surface area contributed by atoms with E-state index >= 15 is 0 Å². The van der Waals surface area contributed by atoms with Crippen LogP contribution in [0.1, 0.15) is 47.3 Å². The summed E-state index contributed by atoms with van der Waals surface area (Å²) in [5.74, 6) is 1.81. The molecule has 2 aliphatic heterocycles. The third-order valence-corrected chi connectivity index (χ3v) is 4.80. The van der Waals surface area contributed by atoms with Crippen molar-refractivity contribution in [3.8, 4) is 12.3 Å². The van der Waals surface area contributed by atoms with Gasteiger partial charge in [0.05, 0.1) is 13.7 Å². The molecule has 0 bridgehead atoms. The van der Waals surface area contributed by atoms with E-state index in [4.69, 9.17) is 6.42 Å². The molecule has 0 unspecified atom stereocenters. The molecule has 8 nitrogen and oxygen atoms in total. The molecule has 0 radical (unpaired) electrons. The molecule has 0 fully saturated rings. The molecular formula is C18H20N4O4. The number of pyridine rings is 1. The second-order valence-electron chi connectivity index (χ2n) is 6.43. The minimum absolute atomic E-state index is 0.0515. The Morgan fingerprint density at radius 1 is 1.42 bits per heavy atom. The molecule has 1 aromatic rings. The highest BCUT2D eigenvalue weighted by atomic mass is 16.5. The van der Waals surface area contributed by atoms with Crippen LogP contribution in [-0.4, -0.2) is 41.1 Å². The van der Waals surface area contributed by atoms with Crippen LogP contribution in [0.15, 0.2) is 21.2 Å². The lowest BCUT2D eigenvalue weighted by molar-refractivity contribution is -0.132. The standard InChI is InChI=1S/C18H20N4O4/c1-3-4-7-18(20-21-18)8-5-15(23)22-9-6-14-13(11-22)16(24)12(10-19-14)17(25)26-2/h1,10H,4-9,11H2,2H3,(H,19,24). The van der Waals surface area contributed by atoms with Crippen molar-refractivity contribution < 1.29 is 14.3 Å². The van der Waals surface area contributed by atoms with Gasteiger partial charge >= 0.3 is 5.97 Å². The molecule has 1 aromatic heterocycles. The number of H-pyrrole nitrogens is 1. The van der Waals surface area contributed by atoms with Gasteiger partial charge in [0.1, 0.15) is 5.56 Å². The molecule has 0 aliphatic carbocycles. The fourth-order valence-electron chi connectivity index (χ4n) is 3.13. The number of aromatic amines is 1. The highest BCUT2D eigenvalue weighted by Crippen LogP contribution is 2.37. The van der Waals surface area contributed by atoms with Gasteiger partial charge in [-0.25, -0.2) is 4.79 Å². The Kier molecular flexibility index (Phi) is 4.89. The van der Waals surface area contributed by atoms with Crippen molar-refractivity contribution in [1.29, 1.82) is 0 Å². The molecule has 3 heterocycles. The van der Waals surface area contributed by atoms with Gasteiger partial charge in [-0.15, -0.1) is 12.3 Å². The van der Waals surface area contributed by atoms with Crippen LogP contribution in [0, 0.1) is 12.3 Å². The number of hydrogen-bond donors (Lipinski definition) is 1. The second-order valence-corrected chi connectivity index (χ2v) is 6.43. The van der Waals surface area contributed by atoms with E-state index in [-0.39, 0.29) is 23.4 Å². The van der Waals surface area contributed by atoms with Gasteiger partial charge < -0.3 is 14.6 Å². The van der Waals surface area contributed by atoms with Crippen LogP contribution in [0.3, 0.4) is 0 Å². The first kappa shape index (κ1) is 17.9. The molecule has 26 heavy (non-hydrogen) atoms. The van der Waals surface area contributed by atoms with Crippen LogP contribution < -0.4 is 5.43 Å². The summed E-state index contributed by atoms with van der Waals surface area (Å²) >= 11 is 0. The van der Waals surface area contributed by atoms with Gasteiger partial charge in [0.25, 0.3) is 0 Å². The Bertz CT molecular complexity index is 859. The molecule has 0 atom stereocenters. The number of amides is 1. The van der Waals surface area contributed by atoms with Crippen molar-refractivity contribution in [1.82, 2.24) is 9.88 Å². The summed E-state index contributed by atoms with van der Waals surface area (Å²) in [5.41, 5.74) is 0.260. The van der Waals surface area contributed by atoms with Gasteiger partial charge in [0, 0.05) is 56.1 Å². The van der Waals surface area contributed by atoms with Crippen molar-refractivity contribution in [2.45, 2.75) is 44.3 Å². The maximum atomic E-state index is 12.5. The molecule has 136 valence electrons. The van der Waals surface area contributed by atoms with E-state index in [0.29, 0.717) is 44.2 Å².